The molecular weight excluding hydrogens is 484 g/mol. The smallest absolute Gasteiger partial charge is 0.355 e. The van der Waals surface area contributed by atoms with E-state index in [2.05, 4.69) is 20.9 Å². The van der Waals surface area contributed by atoms with Crippen LogP contribution in [-0.4, -0.2) is 32.0 Å². The summed E-state index contributed by atoms with van der Waals surface area (Å²) in [5.74, 6) is 0.694. The van der Waals surface area contributed by atoms with Gasteiger partial charge in [-0.2, -0.15) is 13.2 Å². The molecule has 1 aliphatic rings. The molecule has 9 heteroatoms. The lowest BCUT2D eigenvalue weighted by atomic mass is 9.89. The Kier molecular flexibility index (Phi) is 10.6. The number of benzene rings is 1. The molecule has 0 bridgehead atoms. The second kappa shape index (κ2) is 12.1. The van der Waals surface area contributed by atoms with Crippen molar-refractivity contribution in [2.24, 2.45) is 10.9 Å². The minimum atomic E-state index is -4.35. The number of aliphatic imine (C=N–C) groups is 1. The van der Waals surface area contributed by atoms with Gasteiger partial charge in [-0.3, -0.25) is 9.79 Å². The third-order valence-electron chi connectivity index (χ3n) is 4.63. The van der Waals surface area contributed by atoms with Crippen LogP contribution in [0.3, 0.4) is 0 Å². The summed E-state index contributed by atoms with van der Waals surface area (Å²) >= 11 is 0. The topological polar surface area (TPSA) is 65.5 Å². The van der Waals surface area contributed by atoms with Crippen molar-refractivity contribution in [3.05, 3.63) is 35.4 Å². The van der Waals surface area contributed by atoms with Crippen molar-refractivity contribution in [3.8, 4) is 0 Å². The standard InChI is InChI=1S/C19H27F3N4O.HI/c1-23-18(25-11-10-24-17(27)15-7-3-2-4-8-15)26-13-14-6-5-9-16(12-14)19(20,21)22;/h5-6,9,12,15H,2-4,7-8,10-11,13H2,1H3,(H,24,27)(H2,23,25,26);1H. The molecule has 158 valence electrons. The summed E-state index contributed by atoms with van der Waals surface area (Å²) in [5, 5.41) is 8.94. The Hall–Kier alpha value is -1.52. The van der Waals surface area contributed by atoms with E-state index < -0.39 is 11.7 Å². The van der Waals surface area contributed by atoms with E-state index in [-0.39, 0.29) is 42.3 Å². The maximum Gasteiger partial charge on any atom is 0.416 e. The number of guanidine groups is 1. The molecule has 1 fully saturated rings. The van der Waals surface area contributed by atoms with Crippen molar-refractivity contribution in [2.45, 2.75) is 44.8 Å². The highest BCUT2D eigenvalue weighted by molar-refractivity contribution is 14.0. The Morgan fingerprint density at radius 3 is 2.43 bits per heavy atom. The molecule has 28 heavy (non-hydrogen) atoms. The summed E-state index contributed by atoms with van der Waals surface area (Å²) in [6.07, 6.45) is 0.996. The molecule has 1 amide bonds. The van der Waals surface area contributed by atoms with E-state index in [0.717, 1.165) is 37.8 Å². The Morgan fingerprint density at radius 2 is 1.79 bits per heavy atom. The van der Waals surface area contributed by atoms with Gasteiger partial charge in [0.2, 0.25) is 5.91 Å². The average molecular weight is 512 g/mol. The second-order valence-corrected chi connectivity index (χ2v) is 6.68. The molecular formula is C19H28F3IN4O. The first-order valence-electron chi connectivity index (χ1n) is 9.28. The van der Waals surface area contributed by atoms with Gasteiger partial charge >= 0.3 is 6.18 Å². The predicted molar refractivity (Wildman–Crippen MR) is 115 cm³/mol. The van der Waals surface area contributed by atoms with E-state index in [4.69, 9.17) is 0 Å². The summed E-state index contributed by atoms with van der Waals surface area (Å²) in [5.41, 5.74) is -0.159. The summed E-state index contributed by atoms with van der Waals surface area (Å²) in [7, 11) is 1.59. The number of amides is 1. The maximum absolute atomic E-state index is 12.7. The van der Waals surface area contributed by atoms with E-state index in [9.17, 15) is 18.0 Å². The van der Waals surface area contributed by atoms with Crippen LogP contribution in [0.1, 0.15) is 43.2 Å². The molecule has 2 rings (SSSR count). The number of alkyl halides is 3. The molecule has 0 atom stereocenters. The second-order valence-electron chi connectivity index (χ2n) is 6.68. The van der Waals surface area contributed by atoms with Gasteiger partial charge in [0.05, 0.1) is 5.56 Å². The number of hydrogen-bond donors (Lipinski definition) is 3. The number of carbonyl (C=O) groups excluding carboxylic acids is 1. The van der Waals surface area contributed by atoms with Crippen molar-refractivity contribution >= 4 is 35.8 Å². The number of rotatable bonds is 6. The quantitative estimate of drug-likeness (QED) is 0.236. The maximum atomic E-state index is 12.7. The van der Waals surface area contributed by atoms with Crippen LogP contribution in [0, 0.1) is 5.92 Å². The Labute approximate surface area is 181 Å². The van der Waals surface area contributed by atoms with Gasteiger partial charge in [-0.05, 0) is 30.5 Å². The van der Waals surface area contributed by atoms with Crippen LogP contribution in [0.15, 0.2) is 29.3 Å². The summed E-state index contributed by atoms with van der Waals surface area (Å²) in [4.78, 5) is 16.1. The van der Waals surface area contributed by atoms with Gasteiger partial charge in [0.15, 0.2) is 5.96 Å². The first-order valence-corrected chi connectivity index (χ1v) is 9.28. The van der Waals surface area contributed by atoms with Crippen LogP contribution in [0.2, 0.25) is 0 Å². The molecule has 0 aliphatic heterocycles. The average Bonchev–Trinajstić information content (AvgIpc) is 2.67. The Balaban J connectivity index is 0.00000392. The van der Waals surface area contributed by atoms with Gasteiger partial charge in [-0.15, -0.1) is 24.0 Å². The predicted octanol–water partition coefficient (Wildman–Crippen LogP) is 3.68. The zero-order chi connectivity index (χ0) is 19.7. The van der Waals surface area contributed by atoms with E-state index in [1.54, 1.807) is 13.1 Å². The SMILES string of the molecule is CN=C(NCCNC(=O)C1CCCCC1)NCc1cccc(C(F)(F)F)c1.I. The monoisotopic (exact) mass is 512 g/mol. The lowest BCUT2D eigenvalue weighted by Gasteiger charge is -2.21. The lowest BCUT2D eigenvalue weighted by Crippen LogP contribution is -2.42. The van der Waals surface area contributed by atoms with E-state index >= 15 is 0 Å². The fourth-order valence-electron chi connectivity index (χ4n) is 3.14. The molecule has 0 radical (unpaired) electrons. The van der Waals surface area contributed by atoms with Gasteiger partial charge in [0, 0.05) is 32.6 Å². The van der Waals surface area contributed by atoms with Gasteiger partial charge in [-0.25, -0.2) is 0 Å². The lowest BCUT2D eigenvalue weighted by molar-refractivity contribution is -0.137. The van der Waals surface area contributed by atoms with Crippen molar-refractivity contribution < 1.29 is 18.0 Å². The first kappa shape index (κ1) is 24.5. The molecule has 3 N–H and O–H groups in total. The number of hydrogen-bond acceptors (Lipinski definition) is 2. The van der Waals surface area contributed by atoms with Crippen LogP contribution >= 0.6 is 24.0 Å². The highest BCUT2D eigenvalue weighted by atomic mass is 127. The zero-order valence-corrected chi connectivity index (χ0v) is 18.3. The van der Waals surface area contributed by atoms with E-state index in [0.29, 0.717) is 24.6 Å². The molecule has 0 saturated heterocycles. The number of halogens is 4. The summed E-state index contributed by atoms with van der Waals surface area (Å²) in [6, 6.07) is 5.17. The van der Waals surface area contributed by atoms with Crippen molar-refractivity contribution in [3.63, 3.8) is 0 Å². The fraction of sp³-hybridized carbons (Fsp3) is 0.579. The van der Waals surface area contributed by atoms with Gasteiger partial charge in [-0.1, -0.05) is 31.4 Å². The van der Waals surface area contributed by atoms with Crippen molar-refractivity contribution in [1.82, 2.24) is 16.0 Å². The summed E-state index contributed by atoms with van der Waals surface area (Å²) < 4.78 is 38.2. The molecule has 0 aromatic heterocycles. The van der Waals surface area contributed by atoms with Gasteiger partial charge < -0.3 is 16.0 Å². The minimum absolute atomic E-state index is 0. The van der Waals surface area contributed by atoms with Crippen molar-refractivity contribution in [2.75, 3.05) is 20.1 Å². The molecule has 1 aromatic rings. The Morgan fingerprint density at radius 1 is 1.11 bits per heavy atom. The highest BCUT2D eigenvalue weighted by Crippen LogP contribution is 2.29. The van der Waals surface area contributed by atoms with Gasteiger partial charge in [0.1, 0.15) is 0 Å². The molecule has 5 nitrogen and oxygen atoms in total. The highest BCUT2D eigenvalue weighted by Gasteiger charge is 2.30. The molecule has 1 aliphatic carbocycles. The third-order valence-corrected chi connectivity index (χ3v) is 4.63. The third kappa shape index (κ3) is 8.24. The van der Waals surface area contributed by atoms with Crippen LogP contribution in [-0.2, 0) is 17.5 Å². The fourth-order valence-corrected chi connectivity index (χ4v) is 3.14. The number of nitrogens with one attached hydrogen (secondary N) is 3. The molecule has 0 spiro atoms. The van der Waals surface area contributed by atoms with Gasteiger partial charge in [0.25, 0.3) is 0 Å². The molecule has 0 heterocycles. The van der Waals surface area contributed by atoms with E-state index in [1.165, 1.54) is 12.5 Å². The summed E-state index contributed by atoms with van der Waals surface area (Å²) in [6.45, 7) is 1.18. The Bertz CT molecular complexity index is 646. The first-order chi connectivity index (χ1) is 12.9. The number of carbonyl (C=O) groups is 1. The number of nitrogens with zero attached hydrogens (tertiary/aromatic N) is 1. The van der Waals surface area contributed by atoms with Crippen LogP contribution in [0.5, 0.6) is 0 Å². The van der Waals surface area contributed by atoms with Crippen LogP contribution in [0.4, 0.5) is 13.2 Å². The molecule has 1 saturated carbocycles. The molecule has 0 unspecified atom stereocenters. The largest absolute Gasteiger partial charge is 0.416 e. The zero-order valence-electron chi connectivity index (χ0n) is 15.9. The van der Waals surface area contributed by atoms with Crippen LogP contribution < -0.4 is 16.0 Å². The normalized spacial score (nSPS) is 15.5. The van der Waals surface area contributed by atoms with Crippen LogP contribution in [0.25, 0.3) is 0 Å². The minimum Gasteiger partial charge on any atom is -0.355 e. The van der Waals surface area contributed by atoms with Crippen molar-refractivity contribution in [1.29, 1.82) is 0 Å². The van der Waals surface area contributed by atoms with E-state index in [1.807, 2.05) is 0 Å². The molecule has 1 aromatic carbocycles.